The van der Waals surface area contributed by atoms with Crippen LogP contribution in [0.3, 0.4) is 0 Å². The molecule has 3 aromatic heterocycles. The van der Waals surface area contributed by atoms with Gasteiger partial charge < -0.3 is 29.8 Å². The first kappa shape index (κ1) is 53.8. The fourth-order valence-corrected chi connectivity index (χ4v) is 13.5. The lowest BCUT2D eigenvalue weighted by Crippen LogP contribution is -2.61. The van der Waals surface area contributed by atoms with Gasteiger partial charge in [-0.05, 0) is 106 Å². The number of halogens is 1. The van der Waals surface area contributed by atoms with Crippen molar-refractivity contribution in [3.8, 4) is 17.4 Å². The molecule has 2 aromatic carbocycles. The van der Waals surface area contributed by atoms with Crippen molar-refractivity contribution in [3.63, 3.8) is 0 Å². The van der Waals surface area contributed by atoms with Gasteiger partial charge >= 0.3 is 5.69 Å². The highest BCUT2D eigenvalue weighted by Gasteiger charge is 2.51. The zero-order chi connectivity index (χ0) is 53.5. The second-order valence-electron chi connectivity index (χ2n) is 21.0. The minimum Gasteiger partial charge on any atom is -0.475 e. The molecule has 2 aliphatic heterocycles. The molecule has 23 heteroatoms. The Kier molecular flexibility index (Phi) is 15.5. The first-order valence-corrected chi connectivity index (χ1v) is 28.8. The molecule has 4 aliphatic rings. The standard InChI is InChI=1S/C52H67FN10O10S2/c1-6-57-75(70,71)61-22-23-62(44(32-61)39-11-9-8-10-38(39)33(3)4)36-27-52(28-36)18-20-60(21-19-52)35-12-13-40(45(24-35)73-46-26-41-42(53)31-56-47(41)58-50(46)72-7-2)49(64)59-74(68,69)37-25-43(63(66)67)48(55-30-37)54-29-34-14-16-51(5,65)17-15-34/h8-13,24-26,30-31,33-34,36,44,57,65H,6-7,14-23,27-29,32H2,1-5H3,(H,54,55)(H,56,58)(H,59,64)/t34?,44-,51?/m0/s1. The van der Waals surface area contributed by atoms with Crippen molar-refractivity contribution in [2.24, 2.45) is 11.3 Å². The van der Waals surface area contributed by atoms with Crippen LogP contribution in [0.5, 0.6) is 17.4 Å². The molecule has 0 radical (unpaired) electrons. The number of aliphatic hydroxyl groups is 1. The Morgan fingerprint density at radius 2 is 1.73 bits per heavy atom. The number of carbonyl (C=O) groups excluding carboxylic acids is 1. The van der Waals surface area contributed by atoms with Crippen LogP contribution in [0.1, 0.15) is 119 Å². The van der Waals surface area contributed by atoms with E-state index in [1.807, 2.05) is 16.9 Å². The number of H-pyrrole nitrogens is 1. The quantitative estimate of drug-likeness (QED) is 0.0415. The number of nitro groups is 1. The van der Waals surface area contributed by atoms with E-state index < -0.39 is 53.1 Å². The average Bonchev–Trinajstić information content (AvgIpc) is 3.73. The zero-order valence-electron chi connectivity index (χ0n) is 43.0. The van der Waals surface area contributed by atoms with Crippen molar-refractivity contribution in [2.45, 2.75) is 114 Å². The number of nitrogens with zero attached hydrogens (tertiary/aromatic N) is 6. The van der Waals surface area contributed by atoms with Gasteiger partial charge in [0.25, 0.3) is 32.0 Å². The third kappa shape index (κ3) is 11.6. The number of nitrogens with one attached hydrogen (secondary N) is 4. The minimum atomic E-state index is -4.77. The number of anilines is 2. The van der Waals surface area contributed by atoms with Gasteiger partial charge in [0.1, 0.15) is 22.1 Å². The van der Waals surface area contributed by atoms with Crippen LogP contribution < -0.4 is 29.1 Å². The van der Waals surface area contributed by atoms with Crippen LogP contribution in [0.15, 0.2) is 71.9 Å². The van der Waals surface area contributed by atoms with Gasteiger partial charge in [0.2, 0.25) is 5.82 Å². The maximum Gasteiger partial charge on any atom is 0.312 e. The van der Waals surface area contributed by atoms with Gasteiger partial charge in [0, 0.05) is 88.0 Å². The van der Waals surface area contributed by atoms with Crippen molar-refractivity contribution < 1.29 is 45.5 Å². The smallest absolute Gasteiger partial charge is 0.312 e. The third-order valence-corrected chi connectivity index (χ3v) is 18.6. The number of aromatic amines is 1. The third-order valence-electron chi connectivity index (χ3n) is 15.6. The van der Waals surface area contributed by atoms with E-state index in [0.717, 1.165) is 49.7 Å². The summed E-state index contributed by atoms with van der Waals surface area (Å²) in [6.07, 6.45) is 8.28. The Morgan fingerprint density at radius 3 is 2.43 bits per heavy atom. The molecular weight excluding hydrogens is 1010 g/mol. The average molecular weight is 1080 g/mol. The first-order valence-electron chi connectivity index (χ1n) is 25.8. The first-order chi connectivity index (χ1) is 35.7. The Hall–Kier alpha value is -5.98. The number of carbonyl (C=O) groups is 1. The van der Waals surface area contributed by atoms with Crippen LogP contribution >= 0.6 is 0 Å². The number of piperazine rings is 1. The van der Waals surface area contributed by atoms with E-state index in [-0.39, 0.29) is 75.7 Å². The van der Waals surface area contributed by atoms with Crippen molar-refractivity contribution >= 4 is 54.4 Å². The van der Waals surface area contributed by atoms with E-state index in [0.29, 0.717) is 77.2 Å². The van der Waals surface area contributed by atoms with E-state index in [4.69, 9.17) is 9.47 Å². The number of pyridine rings is 2. The Labute approximate surface area is 437 Å². The molecule has 404 valence electrons. The lowest BCUT2D eigenvalue weighted by atomic mass is 9.59. The number of amides is 1. The van der Waals surface area contributed by atoms with E-state index in [2.05, 4.69) is 60.8 Å². The topological polar surface area (TPSA) is 255 Å². The van der Waals surface area contributed by atoms with Crippen LogP contribution in [0.25, 0.3) is 11.0 Å². The van der Waals surface area contributed by atoms with Crippen LogP contribution in [0.4, 0.5) is 21.6 Å². The van der Waals surface area contributed by atoms with Crippen molar-refractivity contribution in [1.82, 2.24) is 33.6 Å². The molecule has 20 nitrogen and oxygen atoms in total. The highest BCUT2D eigenvalue weighted by molar-refractivity contribution is 7.90. The number of rotatable bonds is 18. The molecule has 0 unspecified atom stereocenters. The summed E-state index contributed by atoms with van der Waals surface area (Å²) in [5.41, 5.74) is 1.73. The summed E-state index contributed by atoms with van der Waals surface area (Å²) in [7, 11) is -8.41. The van der Waals surface area contributed by atoms with E-state index in [9.17, 15) is 41.2 Å². The number of aromatic nitrogens is 3. The number of piperidine rings is 1. The van der Waals surface area contributed by atoms with Gasteiger partial charge in [-0.25, -0.2) is 27.2 Å². The molecule has 5 N–H and O–H groups in total. The SMILES string of the molecule is CCNS(=O)(=O)N1CCN(C2CC3(CCN(c4ccc(C(=O)NS(=O)(=O)c5cnc(NCC6CCC(C)(O)CC6)c([N+](=O)[O-])c5)c(Oc5cc6c(F)c[nH]c6nc5OCC)c4)CC3)C2)[C@H](c2ccccc2C(C)C)C1. The number of hydrogen-bond donors (Lipinski definition) is 5. The van der Waals surface area contributed by atoms with Crippen LogP contribution in [0, 0.1) is 27.3 Å². The Morgan fingerprint density at radius 1 is 1.00 bits per heavy atom. The summed E-state index contributed by atoms with van der Waals surface area (Å²) in [6.45, 7) is 13.1. The van der Waals surface area contributed by atoms with E-state index in [1.54, 1.807) is 37.2 Å². The molecule has 4 fully saturated rings. The zero-order valence-corrected chi connectivity index (χ0v) is 44.6. The van der Waals surface area contributed by atoms with Crippen molar-refractivity contribution in [1.29, 1.82) is 0 Å². The molecule has 1 amide bonds. The fourth-order valence-electron chi connectivity index (χ4n) is 11.4. The number of fused-ring (bicyclic) bond motifs is 1. The summed E-state index contributed by atoms with van der Waals surface area (Å²) < 4.78 is 87.8. The minimum absolute atomic E-state index is 0.00581. The van der Waals surface area contributed by atoms with Gasteiger partial charge in [0.15, 0.2) is 5.75 Å². The molecule has 0 bridgehead atoms. The highest BCUT2D eigenvalue weighted by atomic mass is 32.2. The summed E-state index contributed by atoms with van der Waals surface area (Å²) >= 11 is 0. The largest absolute Gasteiger partial charge is 0.475 e. The lowest BCUT2D eigenvalue weighted by molar-refractivity contribution is -0.384. The molecule has 9 rings (SSSR count). The molecule has 5 heterocycles. The van der Waals surface area contributed by atoms with Gasteiger partial charge in [-0.3, -0.25) is 19.8 Å². The maximum absolute atomic E-state index is 15.0. The number of benzene rings is 2. The Balaban J connectivity index is 0.939. The van der Waals surface area contributed by atoms with E-state index in [1.165, 1.54) is 17.7 Å². The second kappa shape index (κ2) is 21.6. The van der Waals surface area contributed by atoms with Crippen LogP contribution in [0.2, 0.25) is 0 Å². The van der Waals surface area contributed by atoms with Gasteiger partial charge in [-0.1, -0.05) is 45.0 Å². The van der Waals surface area contributed by atoms with Gasteiger partial charge in [-0.2, -0.15) is 17.7 Å². The molecule has 2 saturated carbocycles. The van der Waals surface area contributed by atoms with Crippen LogP contribution in [-0.4, -0.2) is 121 Å². The van der Waals surface area contributed by atoms with Gasteiger partial charge in [-0.15, -0.1) is 0 Å². The predicted octanol–water partition coefficient (Wildman–Crippen LogP) is 7.75. The highest BCUT2D eigenvalue weighted by Crippen LogP contribution is 2.53. The number of ether oxygens (including phenoxy) is 2. The summed E-state index contributed by atoms with van der Waals surface area (Å²) in [6, 6.07) is 15.5. The molecule has 75 heavy (non-hydrogen) atoms. The fraction of sp³-hybridized carbons (Fsp3) is 0.519. The lowest BCUT2D eigenvalue weighted by Gasteiger charge is -2.58. The normalized spacial score (nSPS) is 21.8. The molecule has 1 atom stereocenters. The second-order valence-corrected chi connectivity index (χ2v) is 24.5. The number of sulfonamides is 1. The summed E-state index contributed by atoms with van der Waals surface area (Å²) in [5, 5.41) is 25.6. The van der Waals surface area contributed by atoms with E-state index >= 15 is 0 Å². The summed E-state index contributed by atoms with van der Waals surface area (Å²) in [5.74, 6) is -1.60. The monoisotopic (exact) mass is 1070 g/mol. The Bertz CT molecular complexity index is 3150. The predicted molar refractivity (Wildman–Crippen MR) is 281 cm³/mol. The molecule has 2 saturated heterocycles. The summed E-state index contributed by atoms with van der Waals surface area (Å²) in [4.78, 5) is 41.0. The molecule has 2 aliphatic carbocycles. The molecular formula is C52H67FN10O10S2. The molecule has 5 aromatic rings. The van der Waals surface area contributed by atoms with Crippen molar-refractivity contribution in [3.05, 3.63) is 99.6 Å². The number of hydrogen-bond acceptors (Lipinski definition) is 15. The molecule has 1 spiro atoms. The van der Waals surface area contributed by atoms with Crippen LogP contribution in [-0.2, 0) is 20.2 Å². The maximum atomic E-state index is 15.0. The van der Waals surface area contributed by atoms with Crippen molar-refractivity contribution in [2.75, 3.05) is 62.6 Å². The van der Waals surface area contributed by atoms with Gasteiger partial charge in [0.05, 0.1) is 34.3 Å².